The smallest absolute Gasteiger partial charge is 0.338 e. The van der Waals surface area contributed by atoms with Gasteiger partial charge in [-0.25, -0.2) is 9.59 Å². The average Bonchev–Trinajstić information content (AvgIpc) is 2.54. The first-order valence-electron chi connectivity index (χ1n) is 7.40. The number of rotatable bonds is 5. The standard InChI is InChI=1S/C16H19BrN2O5/c1-4-5-24-15(21)12-8(2)18-16(22)19-13(12)9-6-10(17)14(20)11(7-9)23-3/h6-7,13,20H,4-5H2,1-3H3,(H2,18,19,22). The lowest BCUT2D eigenvalue weighted by atomic mass is 9.95. The number of benzene rings is 1. The van der Waals surface area contributed by atoms with Crippen molar-refractivity contribution in [1.82, 2.24) is 10.6 Å². The van der Waals surface area contributed by atoms with Crippen molar-refractivity contribution in [2.45, 2.75) is 26.3 Å². The van der Waals surface area contributed by atoms with Crippen LogP contribution >= 0.6 is 15.9 Å². The molecule has 1 atom stereocenters. The van der Waals surface area contributed by atoms with Crippen molar-refractivity contribution in [3.63, 3.8) is 0 Å². The van der Waals surface area contributed by atoms with Gasteiger partial charge in [-0.15, -0.1) is 0 Å². The van der Waals surface area contributed by atoms with Gasteiger partial charge < -0.3 is 25.2 Å². The molecule has 0 aliphatic carbocycles. The highest BCUT2D eigenvalue weighted by molar-refractivity contribution is 9.10. The van der Waals surface area contributed by atoms with Gasteiger partial charge in [0.05, 0.1) is 29.8 Å². The van der Waals surface area contributed by atoms with Crippen LogP contribution in [0.5, 0.6) is 11.5 Å². The molecule has 0 radical (unpaired) electrons. The Morgan fingerprint density at radius 1 is 1.42 bits per heavy atom. The molecule has 7 nitrogen and oxygen atoms in total. The van der Waals surface area contributed by atoms with Gasteiger partial charge in [-0.1, -0.05) is 6.92 Å². The molecule has 1 unspecified atom stereocenters. The number of phenols is 1. The van der Waals surface area contributed by atoms with Crippen molar-refractivity contribution in [3.05, 3.63) is 33.4 Å². The fraction of sp³-hybridized carbons (Fsp3) is 0.375. The van der Waals surface area contributed by atoms with E-state index in [4.69, 9.17) is 9.47 Å². The van der Waals surface area contributed by atoms with Gasteiger partial charge >= 0.3 is 12.0 Å². The van der Waals surface area contributed by atoms with Crippen LogP contribution in [0.25, 0.3) is 0 Å². The Morgan fingerprint density at radius 2 is 2.12 bits per heavy atom. The molecular formula is C16H19BrN2O5. The number of methoxy groups -OCH3 is 1. The zero-order valence-corrected chi connectivity index (χ0v) is 15.2. The van der Waals surface area contributed by atoms with E-state index in [9.17, 15) is 14.7 Å². The van der Waals surface area contributed by atoms with Gasteiger partial charge in [-0.05, 0) is 47.0 Å². The van der Waals surface area contributed by atoms with Crippen molar-refractivity contribution in [1.29, 1.82) is 0 Å². The summed E-state index contributed by atoms with van der Waals surface area (Å²) in [6.07, 6.45) is 0.696. The monoisotopic (exact) mass is 398 g/mol. The zero-order valence-electron chi connectivity index (χ0n) is 13.6. The number of halogens is 1. The van der Waals surface area contributed by atoms with E-state index in [2.05, 4.69) is 26.6 Å². The minimum atomic E-state index is -0.714. The minimum Gasteiger partial charge on any atom is -0.503 e. The van der Waals surface area contributed by atoms with Crippen LogP contribution < -0.4 is 15.4 Å². The largest absolute Gasteiger partial charge is 0.503 e. The van der Waals surface area contributed by atoms with Crippen molar-refractivity contribution in [2.24, 2.45) is 0 Å². The SMILES string of the molecule is CCCOC(=O)C1=C(C)NC(=O)NC1c1cc(Br)c(O)c(OC)c1. The van der Waals surface area contributed by atoms with Gasteiger partial charge in [0.2, 0.25) is 0 Å². The number of hydrogen-bond donors (Lipinski definition) is 3. The molecule has 1 aromatic carbocycles. The van der Waals surface area contributed by atoms with Crippen LogP contribution in [0.3, 0.4) is 0 Å². The number of urea groups is 1. The van der Waals surface area contributed by atoms with Crippen molar-refractivity contribution < 1.29 is 24.2 Å². The van der Waals surface area contributed by atoms with Crippen LogP contribution in [0.1, 0.15) is 31.9 Å². The molecule has 2 rings (SSSR count). The molecule has 1 aliphatic heterocycles. The van der Waals surface area contributed by atoms with E-state index < -0.39 is 18.0 Å². The van der Waals surface area contributed by atoms with Crippen LogP contribution in [0.4, 0.5) is 4.79 Å². The van der Waals surface area contributed by atoms with Gasteiger partial charge in [0.1, 0.15) is 0 Å². The number of hydrogen-bond acceptors (Lipinski definition) is 5. The number of carbonyl (C=O) groups is 2. The Morgan fingerprint density at radius 3 is 2.75 bits per heavy atom. The number of aromatic hydroxyl groups is 1. The molecule has 0 fully saturated rings. The second-order valence-corrected chi connectivity index (χ2v) is 6.11. The molecular weight excluding hydrogens is 380 g/mol. The zero-order chi connectivity index (χ0) is 17.9. The van der Waals surface area contributed by atoms with E-state index in [0.717, 1.165) is 0 Å². The molecule has 2 amide bonds. The summed E-state index contributed by atoms with van der Waals surface area (Å²) in [6.45, 7) is 3.83. The van der Waals surface area contributed by atoms with Crippen molar-refractivity contribution >= 4 is 27.9 Å². The highest BCUT2D eigenvalue weighted by atomic mass is 79.9. The average molecular weight is 399 g/mol. The lowest BCUT2D eigenvalue weighted by Crippen LogP contribution is -2.45. The number of ether oxygens (including phenoxy) is 2. The maximum atomic E-state index is 12.4. The van der Waals surface area contributed by atoms with Crippen LogP contribution in [-0.4, -0.2) is 30.8 Å². The highest BCUT2D eigenvalue weighted by Gasteiger charge is 2.33. The Hall–Kier alpha value is -2.22. The maximum absolute atomic E-state index is 12.4. The third-order valence-electron chi connectivity index (χ3n) is 3.53. The van der Waals surface area contributed by atoms with Crippen LogP contribution in [-0.2, 0) is 9.53 Å². The molecule has 0 bridgehead atoms. The van der Waals surface area contributed by atoms with E-state index in [-0.39, 0.29) is 11.5 Å². The van der Waals surface area contributed by atoms with Gasteiger partial charge in [0.15, 0.2) is 11.5 Å². The number of carbonyl (C=O) groups excluding carboxylic acids is 2. The molecule has 1 aliphatic rings. The molecule has 0 saturated heterocycles. The topological polar surface area (TPSA) is 96.9 Å². The first-order valence-corrected chi connectivity index (χ1v) is 8.20. The minimum absolute atomic E-state index is 0.0580. The number of nitrogens with one attached hydrogen (secondary N) is 2. The molecule has 1 aromatic rings. The van der Waals surface area contributed by atoms with Crippen molar-refractivity contribution in [2.75, 3.05) is 13.7 Å². The summed E-state index contributed by atoms with van der Waals surface area (Å²) in [4.78, 5) is 24.2. The third kappa shape index (κ3) is 3.64. The lowest BCUT2D eigenvalue weighted by molar-refractivity contribution is -0.139. The van der Waals surface area contributed by atoms with Crippen LogP contribution in [0.15, 0.2) is 27.9 Å². The van der Waals surface area contributed by atoms with Gasteiger partial charge in [0, 0.05) is 5.70 Å². The molecule has 3 N–H and O–H groups in total. The summed E-state index contributed by atoms with van der Waals surface area (Å²) in [5, 5.41) is 15.2. The molecule has 0 saturated carbocycles. The Kier molecular flexibility index (Phi) is 5.71. The van der Waals surface area contributed by atoms with Gasteiger partial charge in [0.25, 0.3) is 0 Å². The van der Waals surface area contributed by atoms with E-state index in [1.54, 1.807) is 19.1 Å². The summed E-state index contributed by atoms with van der Waals surface area (Å²) in [5.74, 6) is -0.335. The molecule has 8 heteroatoms. The predicted octanol–water partition coefficient (Wildman–Crippen LogP) is 2.74. The molecule has 24 heavy (non-hydrogen) atoms. The molecule has 0 spiro atoms. The first-order chi connectivity index (χ1) is 11.4. The number of allylic oxidation sites excluding steroid dienone is 1. The fourth-order valence-electron chi connectivity index (χ4n) is 2.40. The second kappa shape index (κ2) is 7.57. The van der Waals surface area contributed by atoms with Gasteiger partial charge in [-0.3, -0.25) is 0 Å². The summed E-state index contributed by atoms with van der Waals surface area (Å²) in [7, 11) is 1.42. The lowest BCUT2D eigenvalue weighted by Gasteiger charge is -2.28. The summed E-state index contributed by atoms with van der Waals surface area (Å²) < 4.78 is 10.7. The fourth-order valence-corrected chi connectivity index (χ4v) is 2.86. The molecule has 0 aromatic heterocycles. The van der Waals surface area contributed by atoms with E-state index in [0.29, 0.717) is 34.3 Å². The summed E-state index contributed by atoms with van der Waals surface area (Å²) >= 11 is 3.24. The predicted molar refractivity (Wildman–Crippen MR) is 90.7 cm³/mol. The van der Waals surface area contributed by atoms with Crippen LogP contribution in [0, 0.1) is 0 Å². The number of amides is 2. The van der Waals surface area contributed by atoms with E-state index in [1.807, 2.05) is 6.92 Å². The number of phenolic OH excluding ortho intramolecular Hbond substituents is 1. The number of esters is 1. The third-order valence-corrected chi connectivity index (χ3v) is 4.13. The Balaban J connectivity index is 2.49. The quantitative estimate of drug-likeness (QED) is 0.662. The van der Waals surface area contributed by atoms with E-state index in [1.165, 1.54) is 7.11 Å². The second-order valence-electron chi connectivity index (χ2n) is 5.26. The Labute approximate surface area is 148 Å². The van der Waals surface area contributed by atoms with Gasteiger partial charge in [-0.2, -0.15) is 0 Å². The molecule has 130 valence electrons. The molecule has 1 heterocycles. The summed E-state index contributed by atoms with van der Waals surface area (Å²) in [5.41, 5.74) is 1.31. The highest BCUT2D eigenvalue weighted by Crippen LogP contribution is 2.39. The summed E-state index contributed by atoms with van der Waals surface area (Å²) in [6, 6.07) is 2.05. The van der Waals surface area contributed by atoms with Crippen LogP contribution in [0.2, 0.25) is 0 Å². The van der Waals surface area contributed by atoms with Crippen molar-refractivity contribution in [3.8, 4) is 11.5 Å². The first kappa shape index (κ1) is 18.1. The maximum Gasteiger partial charge on any atom is 0.338 e. The van der Waals surface area contributed by atoms with E-state index >= 15 is 0 Å². The Bertz CT molecular complexity index is 702. The normalized spacial score (nSPS) is 17.2.